The number of nitrogens with zero attached hydrogens (tertiary/aromatic N) is 4. The molecule has 162 valence electrons. The minimum Gasteiger partial charge on any atom is -0.296 e. The van der Waals surface area contributed by atoms with Crippen molar-refractivity contribution in [3.05, 3.63) is 71.8 Å². The Morgan fingerprint density at radius 2 is 1.81 bits per heavy atom. The average molecular weight is 415 g/mol. The molecule has 3 saturated heterocycles. The van der Waals surface area contributed by atoms with Crippen molar-refractivity contribution in [2.75, 3.05) is 14.1 Å². The number of aromatic nitrogens is 2. The quantitative estimate of drug-likeness (QED) is 0.672. The number of rotatable bonds is 4. The molecule has 4 heteroatoms. The molecule has 2 aromatic heterocycles. The zero-order valence-electron chi connectivity index (χ0n) is 18.8. The summed E-state index contributed by atoms with van der Waals surface area (Å²) in [5, 5.41) is 0. The van der Waals surface area contributed by atoms with Gasteiger partial charge in [-0.1, -0.05) is 24.3 Å². The summed E-state index contributed by atoms with van der Waals surface area (Å²) in [4.78, 5) is 14.4. The summed E-state index contributed by atoms with van der Waals surface area (Å²) in [6.07, 6.45) is 20.9. The number of piperidine rings is 3. The van der Waals surface area contributed by atoms with E-state index >= 15 is 0 Å². The van der Waals surface area contributed by atoms with Crippen LogP contribution in [0.15, 0.2) is 55.1 Å². The van der Waals surface area contributed by atoms with Crippen molar-refractivity contribution in [1.29, 1.82) is 0 Å². The van der Waals surface area contributed by atoms with Crippen LogP contribution in [-0.4, -0.2) is 45.9 Å². The highest BCUT2D eigenvalue weighted by Gasteiger charge is 2.46. The van der Waals surface area contributed by atoms with Crippen molar-refractivity contribution in [3.63, 3.8) is 0 Å². The molecular formula is C27H34N4. The van der Waals surface area contributed by atoms with E-state index in [2.05, 4.69) is 77.8 Å². The van der Waals surface area contributed by atoms with Crippen LogP contribution in [0.4, 0.5) is 0 Å². The van der Waals surface area contributed by atoms with Gasteiger partial charge >= 0.3 is 0 Å². The Morgan fingerprint density at radius 1 is 0.903 bits per heavy atom. The first-order valence-electron chi connectivity index (χ1n) is 12.1. The molecule has 0 amide bonds. The lowest BCUT2D eigenvalue weighted by molar-refractivity contribution is -0.0347. The normalized spacial score (nSPS) is 37.4. The number of hydrogen-bond acceptors (Lipinski definition) is 4. The lowest BCUT2D eigenvalue weighted by Gasteiger charge is -2.54. The predicted octanol–water partition coefficient (Wildman–Crippen LogP) is 4.81. The highest BCUT2D eigenvalue weighted by molar-refractivity contribution is 5.28. The summed E-state index contributed by atoms with van der Waals surface area (Å²) in [5.41, 5.74) is 4.24. The summed E-state index contributed by atoms with van der Waals surface area (Å²) in [6, 6.07) is 9.14. The maximum atomic E-state index is 4.73. The molecule has 6 aliphatic rings. The number of pyridine rings is 2. The summed E-state index contributed by atoms with van der Waals surface area (Å²) >= 11 is 0. The van der Waals surface area contributed by atoms with Gasteiger partial charge in [-0.2, -0.15) is 0 Å². The van der Waals surface area contributed by atoms with Gasteiger partial charge in [-0.3, -0.25) is 19.8 Å². The SMILES string of the molecule is CN1C2C=CC(CC2)C1c1cncc(CC2CC3CCC2C(c2cccnc2)N3C)c1. The molecule has 6 heterocycles. The first-order chi connectivity index (χ1) is 15.2. The van der Waals surface area contributed by atoms with Crippen molar-refractivity contribution < 1.29 is 0 Å². The molecule has 4 fully saturated rings. The van der Waals surface area contributed by atoms with Crippen LogP contribution in [0.25, 0.3) is 0 Å². The Morgan fingerprint density at radius 3 is 2.58 bits per heavy atom. The van der Waals surface area contributed by atoms with E-state index in [1.165, 1.54) is 48.8 Å². The van der Waals surface area contributed by atoms with Gasteiger partial charge in [0.2, 0.25) is 0 Å². The third-order valence-corrected chi connectivity index (χ3v) is 8.86. The third kappa shape index (κ3) is 3.35. The molecule has 7 atom stereocenters. The largest absolute Gasteiger partial charge is 0.296 e. The highest BCUT2D eigenvalue weighted by atomic mass is 15.2. The van der Waals surface area contributed by atoms with Crippen LogP contribution in [0.1, 0.15) is 60.9 Å². The lowest BCUT2D eigenvalue weighted by atomic mass is 9.65. The fourth-order valence-corrected chi connectivity index (χ4v) is 7.35. The monoisotopic (exact) mass is 414 g/mol. The van der Waals surface area contributed by atoms with E-state index in [-0.39, 0.29) is 0 Å². The zero-order valence-corrected chi connectivity index (χ0v) is 18.8. The van der Waals surface area contributed by atoms with Crippen LogP contribution in [0, 0.1) is 17.8 Å². The van der Waals surface area contributed by atoms with Gasteiger partial charge in [-0.15, -0.1) is 0 Å². The summed E-state index contributed by atoms with van der Waals surface area (Å²) < 4.78 is 0. The summed E-state index contributed by atoms with van der Waals surface area (Å²) in [6.45, 7) is 0. The van der Waals surface area contributed by atoms with Crippen LogP contribution in [0.3, 0.4) is 0 Å². The Balaban J connectivity index is 1.25. The Bertz CT molecular complexity index is 957. The van der Waals surface area contributed by atoms with Crippen LogP contribution in [-0.2, 0) is 6.42 Å². The van der Waals surface area contributed by atoms with E-state index in [1.54, 1.807) is 0 Å². The molecule has 2 aromatic rings. The van der Waals surface area contributed by atoms with Gasteiger partial charge < -0.3 is 0 Å². The fraction of sp³-hybridized carbons (Fsp3) is 0.556. The Hall–Kier alpha value is -2.04. The first kappa shape index (κ1) is 19.6. The first-order valence-corrected chi connectivity index (χ1v) is 12.1. The summed E-state index contributed by atoms with van der Waals surface area (Å²) in [7, 11) is 4.63. The molecule has 4 bridgehead atoms. The molecule has 0 radical (unpaired) electrons. The third-order valence-electron chi connectivity index (χ3n) is 8.86. The van der Waals surface area contributed by atoms with Crippen molar-refractivity contribution in [3.8, 4) is 0 Å². The highest BCUT2D eigenvalue weighted by Crippen LogP contribution is 2.50. The van der Waals surface area contributed by atoms with Crippen LogP contribution in [0.5, 0.6) is 0 Å². The van der Waals surface area contributed by atoms with Crippen molar-refractivity contribution in [1.82, 2.24) is 19.8 Å². The van der Waals surface area contributed by atoms with Gasteiger partial charge in [-0.05, 0) is 93.1 Å². The summed E-state index contributed by atoms with van der Waals surface area (Å²) in [5.74, 6) is 2.08. The smallest absolute Gasteiger partial charge is 0.0428 e. The molecule has 7 unspecified atom stereocenters. The molecule has 0 N–H and O–H groups in total. The van der Waals surface area contributed by atoms with Gasteiger partial charge in [0.15, 0.2) is 0 Å². The predicted molar refractivity (Wildman–Crippen MR) is 123 cm³/mol. The average Bonchev–Trinajstić information content (AvgIpc) is 2.81. The van der Waals surface area contributed by atoms with E-state index in [1.807, 2.05) is 6.20 Å². The second-order valence-electron chi connectivity index (χ2n) is 10.4. The van der Waals surface area contributed by atoms with Crippen molar-refractivity contribution in [2.24, 2.45) is 17.8 Å². The molecule has 0 aromatic carbocycles. The van der Waals surface area contributed by atoms with Crippen LogP contribution < -0.4 is 0 Å². The minimum absolute atomic E-state index is 0.494. The van der Waals surface area contributed by atoms with Gasteiger partial charge in [-0.25, -0.2) is 0 Å². The minimum atomic E-state index is 0.494. The Labute approximate surface area is 186 Å². The van der Waals surface area contributed by atoms with E-state index in [4.69, 9.17) is 4.98 Å². The standard InChI is InChI=1S/C27H34N4/c1-30-23-7-5-19(6-8-23)26(30)22-13-18(15-29-17-22)12-21-14-24-9-10-25(21)27(31(24)2)20-4-3-11-28-16-20/h3-5,7,11,13,15-17,19,21,23-27H,6,8-10,12,14H2,1-2H3. The maximum absolute atomic E-state index is 4.73. The van der Waals surface area contributed by atoms with Crippen LogP contribution in [0.2, 0.25) is 0 Å². The molecular weight excluding hydrogens is 380 g/mol. The molecule has 31 heavy (non-hydrogen) atoms. The van der Waals surface area contributed by atoms with E-state index in [0.29, 0.717) is 36.0 Å². The molecule has 4 aliphatic heterocycles. The van der Waals surface area contributed by atoms with E-state index in [0.717, 1.165) is 12.3 Å². The second kappa shape index (κ2) is 7.83. The maximum Gasteiger partial charge on any atom is 0.0428 e. The van der Waals surface area contributed by atoms with E-state index < -0.39 is 0 Å². The lowest BCUT2D eigenvalue weighted by Crippen LogP contribution is -2.52. The van der Waals surface area contributed by atoms with Gasteiger partial charge in [0.1, 0.15) is 0 Å². The second-order valence-corrected chi connectivity index (χ2v) is 10.4. The molecule has 8 rings (SSSR count). The topological polar surface area (TPSA) is 32.3 Å². The van der Waals surface area contributed by atoms with E-state index in [9.17, 15) is 0 Å². The van der Waals surface area contributed by atoms with Crippen molar-refractivity contribution in [2.45, 2.75) is 62.7 Å². The fourth-order valence-electron chi connectivity index (χ4n) is 7.35. The molecule has 1 saturated carbocycles. The van der Waals surface area contributed by atoms with Gasteiger partial charge in [0, 0.05) is 49.0 Å². The molecule has 4 nitrogen and oxygen atoms in total. The number of likely N-dealkylation sites (N-methyl/N-ethyl adjacent to an activating group) is 1. The zero-order chi connectivity index (χ0) is 20.9. The van der Waals surface area contributed by atoms with Crippen molar-refractivity contribution >= 4 is 0 Å². The number of hydrogen-bond donors (Lipinski definition) is 0. The molecule has 0 spiro atoms. The van der Waals surface area contributed by atoms with Gasteiger partial charge in [0.05, 0.1) is 0 Å². The number of fused-ring (bicyclic) bond motifs is 5. The van der Waals surface area contributed by atoms with Crippen LogP contribution >= 0.6 is 0 Å². The Kier molecular flexibility index (Phi) is 4.96. The van der Waals surface area contributed by atoms with Gasteiger partial charge in [0.25, 0.3) is 0 Å². The molecule has 2 aliphatic carbocycles.